The van der Waals surface area contributed by atoms with E-state index in [0.29, 0.717) is 0 Å². The lowest BCUT2D eigenvalue weighted by molar-refractivity contribution is -0.137. The molecule has 0 aromatic heterocycles. The Labute approximate surface area is 120 Å². The highest BCUT2D eigenvalue weighted by Crippen LogP contribution is 2.35. The van der Waals surface area contributed by atoms with Crippen LogP contribution in [0.25, 0.3) is 0 Å². The summed E-state index contributed by atoms with van der Waals surface area (Å²) in [7, 11) is 1.48. The lowest BCUT2D eigenvalue weighted by Crippen LogP contribution is -2.13. The molecule has 116 valence electrons. The van der Waals surface area contributed by atoms with E-state index >= 15 is 0 Å². The van der Waals surface area contributed by atoms with E-state index in [-0.39, 0.29) is 24.7 Å². The van der Waals surface area contributed by atoms with Gasteiger partial charge in [-0.3, -0.25) is 4.79 Å². The molecule has 1 rings (SSSR count). The number of hydrogen-bond donors (Lipinski definition) is 1. The number of benzene rings is 1. The molecule has 0 unspecified atom stereocenters. The number of anilines is 1. The van der Waals surface area contributed by atoms with Crippen molar-refractivity contribution < 1.29 is 27.4 Å². The Bertz CT molecular complexity index is 513. The van der Waals surface area contributed by atoms with Crippen molar-refractivity contribution in [1.82, 2.24) is 0 Å². The van der Waals surface area contributed by atoms with Gasteiger partial charge >= 0.3 is 6.18 Å². The van der Waals surface area contributed by atoms with Gasteiger partial charge in [-0.2, -0.15) is 13.2 Å². The van der Waals surface area contributed by atoms with E-state index in [4.69, 9.17) is 9.47 Å². The van der Waals surface area contributed by atoms with Gasteiger partial charge in [-0.15, -0.1) is 0 Å². The minimum Gasteiger partial charge on any atom is -0.489 e. The van der Waals surface area contributed by atoms with Crippen LogP contribution in [0.1, 0.15) is 12.5 Å². The molecule has 0 fully saturated rings. The van der Waals surface area contributed by atoms with Crippen LogP contribution >= 0.6 is 0 Å². The zero-order valence-electron chi connectivity index (χ0n) is 11.7. The summed E-state index contributed by atoms with van der Waals surface area (Å²) in [6.07, 6.45) is -1.81. The molecule has 1 N–H and O–H groups in total. The first kappa shape index (κ1) is 17.0. The third-order valence-electron chi connectivity index (χ3n) is 2.43. The number of methoxy groups -OCH3 is 1. The van der Waals surface area contributed by atoms with Crippen molar-refractivity contribution in [1.29, 1.82) is 0 Å². The van der Waals surface area contributed by atoms with Crippen molar-refractivity contribution in [3.63, 3.8) is 0 Å². The third-order valence-corrected chi connectivity index (χ3v) is 2.43. The van der Waals surface area contributed by atoms with Crippen LogP contribution < -0.4 is 10.1 Å². The first-order chi connectivity index (χ1) is 9.88. The monoisotopic (exact) mass is 303 g/mol. The summed E-state index contributed by atoms with van der Waals surface area (Å²) in [6, 6.07) is 2.90. The summed E-state index contributed by atoms with van der Waals surface area (Å²) >= 11 is 0. The number of alkyl halides is 3. The standard InChI is InChI=1S/C14H16F3NO3/c1-3-4-13(19)18-11-9-10(14(15,16)17)5-6-12(11)21-8-7-20-2/h3-6,9H,7-8H2,1-2H3,(H,18,19)/b4-3+. The van der Waals surface area contributed by atoms with E-state index in [0.717, 1.165) is 12.1 Å². The maximum Gasteiger partial charge on any atom is 0.416 e. The number of amides is 1. The Morgan fingerprint density at radius 3 is 2.62 bits per heavy atom. The first-order valence-electron chi connectivity index (χ1n) is 6.15. The molecule has 0 aliphatic carbocycles. The highest BCUT2D eigenvalue weighted by Gasteiger charge is 2.31. The maximum absolute atomic E-state index is 12.7. The first-order valence-corrected chi connectivity index (χ1v) is 6.15. The van der Waals surface area contributed by atoms with Gasteiger partial charge in [0.1, 0.15) is 12.4 Å². The zero-order valence-corrected chi connectivity index (χ0v) is 11.7. The van der Waals surface area contributed by atoms with Crippen LogP contribution in [-0.4, -0.2) is 26.2 Å². The fourth-order valence-electron chi connectivity index (χ4n) is 1.49. The SMILES string of the molecule is C/C=C/C(=O)Nc1cc(C(F)(F)F)ccc1OCCOC. The molecular formula is C14H16F3NO3. The predicted octanol–water partition coefficient (Wildman–Crippen LogP) is 3.25. The number of carbonyl (C=O) groups is 1. The molecule has 0 atom stereocenters. The van der Waals surface area contributed by atoms with E-state index in [1.54, 1.807) is 6.92 Å². The quantitative estimate of drug-likeness (QED) is 0.648. The number of nitrogens with one attached hydrogen (secondary N) is 1. The lowest BCUT2D eigenvalue weighted by atomic mass is 10.1. The number of hydrogen-bond acceptors (Lipinski definition) is 3. The molecule has 7 heteroatoms. The summed E-state index contributed by atoms with van der Waals surface area (Å²) in [5.41, 5.74) is -0.901. The average Bonchev–Trinajstić information content (AvgIpc) is 2.39. The number of ether oxygens (including phenoxy) is 2. The second-order valence-electron chi connectivity index (χ2n) is 4.04. The van der Waals surface area contributed by atoms with Crippen molar-refractivity contribution in [2.24, 2.45) is 0 Å². The molecule has 0 spiro atoms. The summed E-state index contributed by atoms with van der Waals surface area (Å²) in [4.78, 5) is 11.5. The van der Waals surface area contributed by atoms with Crippen molar-refractivity contribution in [2.75, 3.05) is 25.6 Å². The molecular weight excluding hydrogens is 287 g/mol. The van der Waals surface area contributed by atoms with Crippen LogP contribution in [0.2, 0.25) is 0 Å². The van der Waals surface area contributed by atoms with E-state index in [2.05, 4.69) is 5.32 Å². The molecule has 0 aliphatic rings. The molecule has 1 aromatic carbocycles. The van der Waals surface area contributed by atoms with Gasteiger partial charge in [-0.25, -0.2) is 0 Å². The Balaban J connectivity index is 3.03. The Morgan fingerprint density at radius 1 is 1.33 bits per heavy atom. The summed E-state index contributed by atoms with van der Waals surface area (Å²) in [5.74, 6) is -0.383. The van der Waals surface area contributed by atoms with E-state index in [1.807, 2.05) is 0 Å². The lowest BCUT2D eigenvalue weighted by Gasteiger charge is -2.14. The van der Waals surface area contributed by atoms with Crippen molar-refractivity contribution >= 4 is 11.6 Å². The largest absolute Gasteiger partial charge is 0.489 e. The molecule has 0 bridgehead atoms. The fourth-order valence-corrected chi connectivity index (χ4v) is 1.49. The smallest absolute Gasteiger partial charge is 0.416 e. The molecule has 0 aliphatic heterocycles. The second-order valence-corrected chi connectivity index (χ2v) is 4.04. The summed E-state index contributed by atoms with van der Waals surface area (Å²) < 4.78 is 48.2. The number of carbonyl (C=O) groups excluding carboxylic acids is 1. The van der Waals surface area contributed by atoms with Crippen molar-refractivity contribution in [2.45, 2.75) is 13.1 Å². The predicted molar refractivity (Wildman–Crippen MR) is 72.3 cm³/mol. The van der Waals surface area contributed by atoms with Gasteiger partial charge in [0.15, 0.2) is 0 Å². The normalized spacial score (nSPS) is 11.7. The van der Waals surface area contributed by atoms with E-state index in [9.17, 15) is 18.0 Å². The van der Waals surface area contributed by atoms with Gasteiger partial charge in [0.2, 0.25) is 5.91 Å². The molecule has 0 heterocycles. The number of halogens is 3. The van der Waals surface area contributed by atoms with Crippen LogP contribution in [0.5, 0.6) is 5.75 Å². The van der Waals surface area contributed by atoms with Crippen LogP contribution in [0, 0.1) is 0 Å². The van der Waals surface area contributed by atoms with Gasteiger partial charge in [0.05, 0.1) is 17.9 Å². The van der Waals surface area contributed by atoms with Crippen molar-refractivity contribution in [3.05, 3.63) is 35.9 Å². The van der Waals surface area contributed by atoms with E-state index < -0.39 is 17.6 Å². The van der Waals surface area contributed by atoms with Gasteiger partial charge in [0, 0.05) is 7.11 Å². The van der Waals surface area contributed by atoms with Gasteiger partial charge in [-0.05, 0) is 31.2 Å². The highest BCUT2D eigenvalue weighted by molar-refractivity contribution is 6.00. The Kier molecular flexibility index (Phi) is 6.23. The minimum absolute atomic E-state index is 0.0379. The summed E-state index contributed by atoms with van der Waals surface area (Å²) in [5, 5.41) is 2.36. The van der Waals surface area contributed by atoms with Gasteiger partial charge < -0.3 is 14.8 Å². The Hall–Kier alpha value is -2.02. The average molecular weight is 303 g/mol. The molecule has 0 radical (unpaired) electrons. The fraction of sp³-hybridized carbons (Fsp3) is 0.357. The molecule has 0 saturated heterocycles. The zero-order chi connectivity index (χ0) is 15.9. The van der Waals surface area contributed by atoms with Gasteiger partial charge in [-0.1, -0.05) is 6.08 Å². The number of rotatable bonds is 6. The summed E-state index contributed by atoms with van der Waals surface area (Å²) in [6.45, 7) is 2.07. The third kappa shape index (κ3) is 5.47. The maximum atomic E-state index is 12.7. The van der Waals surface area contributed by atoms with Crippen LogP contribution in [0.15, 0.2) is 30.4 Å². The molecule has 0 saturated carbocycles. The number of allylic oxidation sites excluding steroid dienone is 1. The molecule has 21 heavy (non-hydrogen) atoms. The van der Waals surface area contributed by atoms with E-state index in [1.165, 1.54) is 25.3 Å². The van der Waals surface area contributed by atoms with Gasteiger partial charge in [0.25, 0.3) is 0 Å². The minimum atomic E-state index is -4.49. The van der Waals surface area contributed by atoms with Crippen molar-refractivity contribution in [3.8, 4) is 5.75 Å². The second kappa shape index (κ2) is 7.68. The highest BCUT2D eigenvalue weighted by atomic mass is 19.4. The van der Waals surface area contributed by atoms with Crippen LogP contribution in [-0.2, 0) is 15.7 Å². The Morgan fingerprint density at radius 2 is 2.05 bits per heavy atom. The van der Waals surface area contributed by atoms with Crippen LogP contribution in [0.3, 0.4) is 0 Å². The molecule has 1 amide bonds. The molecule has 1 aromatic rings. The van der Waals surface area contributed by atoms with Crippen LogP contribution in [0.4, 0.5) is 18.9 Å². The molecule has 4 nitrogen and oxygen atoms in total. The topological polar surface area (TPSA) is 47.6 Å².